The highest BCUT2D eigenvalue weighted by atomic mass is 16.2. The summed E-state index contributed by atoms with van der Waals surface area (Å²) >= 11 is 0. The van der Waals surface area contributed by atoms with Crippen molar-refractivity contribution in [1.82, 2.24) is 26.6 Å². The maximum atomic E-state index is 14.2. The lowest BCUT2D eigenvalue weighted by Gasteiger charge is -2.27. The third-order valence-electron chi connectivity index (χ3n) is 8.59. The second-order valence-electron chi connectivity index (χ2n) is 13.2. The predicted octanol–water partition coefficient (Wildman–Crippen LogP) is -2.49. The molecule has 0 aliphatic rings. The normalized spacial score (nSPS) is 13.3. The number of amides is 7. The van der Waals surface area contributed by atoms with E-state index in [1.807, 2.05) is 0 Å². The van der Waals surface area contributed by atoms with Crippen LogP contribution in [0.25, 0.3) is 0 Å². The maximum Gasteiger partial charge on any atom is 0.243 e. The van der Waals surface area contributed by atoms with Gasteiger partial charge in [-0.1, -0.05) is 91.0 Å². The molecule has 5 atom stereocenters. The molecule has 18 heteroatoms. The maximum absolute atomic E-state index is 14.2. The number of nitrogens with one attached hydrogen (secondary N) is 5. The molecule has 0 fully saturated rings. The smallest absolute Gasteiger partial charge is 0.243 e. The van der Waals surface area contributed by atoms with Gasteiger partial charge < -0.3 is 55.3 Å². The minimum Gasteiger partial charge on any atom is -0.370 e. The molecule has 0 aromatic heterocycles. The lowest BCUT2D eigenvalue weighted by atomic mass is 10.0. The van der Waals surface area contributed by atoms with E-state index in [-0.39, 0.29) is 44.6 Å². The average molecular weight is 786 g/mol. The first-order valence-electron chi connectivity index (χ1n) is 18.2. The summed E-state index contributed by atoms with van der Waals surface area (Å²) in [7, 11) is 0. The summed E-state index contributed by atoms with van der Waals surface area (Å²) in [5.74, 6) is -5.76. The van der Waals surface area contributed by atoms with E-state index in [4.69, 9.17) is 28.7 Å². The molecule has 0 bridgehead atoms. The van der Waals surface area contributed by atoms with Crippen LogP contribution < -0.4 is 55.3 Å². The standard InChI is InChI=1S/C39H51N11O7/c40-23-33(52)46-31(22-32(41)51)38(57)50-30(21-26-15-8-3-9-16-26)37(56)49-29(20-25-13-6-2-7-14-25)36(55)47-27(17-10-18-45-39(43)44)35(54)48-28(34(42)53)19-24-11-4-1-5-12-24/h1-9,11-16,27-31H,10,17-23,40H2,(H2,41,51)(H2,42,53)(H,46,52)(H,47,55)(H,48,54)(H,49,56)(H,50,57)(H4,43,44,45). The van der Waals surface area contributed by atoms with Gasteiger partial charge in [-0.25, -0.2) is 0 Å². The van der Waals surface area contributed by atoms with Crippen molar-refractivity contribution >= 4 is 47.3 Å². The van der Waals surface area contributed by atoms with E-state index in [2.05, 4.69) is 31.6 Å². The van der Waals surface area contributed by atoms with Crippen LogP contribution in [-0.4, -0.2) is 90.6 Å². The van der Waals surface area contributed by atoms with Gasteiger partial charge in [0.05, 0.1) is 13.0 Å². The number of rotatable bonds is 23. The molecule has 0 saturated carbocycles. The van der Waals surface area contributed by atoms with Gasteiger partial charge in [0.2, 0.25) is 41.4 Å². The Kier molecular flexibility index (Phi) is 18.1. The zero-order chi connectivity index (χ0) is 41.7. The second kappa shape index (κ2) is 23.2. The van der Waals surface area contributed by atoms with E-state index in [0.717, 1.165) is 5.56 Å². The third kappa shape index (κ3) is 16.2. The van der Waals surface area contributed by atoms with E-state index in [1.54, 1.807) is 91.0 Å². The Balaban J connectivity index is 1.93. The number of aliphatic imine (C=N–C) groups is 1. The Morgan fingerprint density at radius 3 is 1.30 bits per heavy atom. The number of nitrogens with two attached hydrogens (primary N) is 5. The summed E-state index contributed by atoms with van der Waals surface area (Å²) in [4.78, 5) is 95.7. The van der Waals surface area contributed by atoms with Crippen LogP contribution in [0.2, 0.25) is 0 Å². The number of carbonyl (C=O) groups excluding carboxylic acids is 7. The summed E-state index contributed by atoms with van der Waals surface area (Å²) in [6.45, 7) is -0.352. The molecular weight excluding hydrogens is 734 g/mol. The van der Waals surface area contributed by atoms with Gasteiger partial charge in [0.15, 0.2) is 5.96 Å². The summed E-state index contributed by atoms with van der Waals surface area (Å²) < 4.78 is 0. The summed E-state index contributed by atoms with van der Waals surface area (Å²) in [5, 5.41) is 13.0. The number of carbonyl (C=O) groups is 7. The van der Waals surface area contributed by atoms with Gasteiger partial charge in [0.25, 0.3) is 0 Å². The van der Waals surface area contributed by atoms with Crippen LogP contribution >= 0.6 is 0 Å². The van der Waals surface area contributed by atoms with E-state index in [9.17, 15) is 33.6 Å². The number of hydrogen-bond donors (Lipinski definition) is 10. The van der Waals surface area contributed by atoms with Crippen molar-refractivity contribution in [2.45, 2.75) is 68.7 Å². The van der Waals surface area contributed by atoms with Gasteiger partial charge in [0.1, 0.15) is 30.2 Å². The fourth-order valence-corrected chi connectivity index (χ4v) is 5.72. The van der Waals surface area contributed by atoms with Crippen molar-refractivity contribution in [2.24, 2.45) is 33.7 Å². The molecule has 3 aromatic carbocycles. The lowest BCUT2D eigenvalue weighted by molar-refractivity contribution is -0.135. The van der Waals surface area contributed by atoms with E-state index < -0.39 is 84.5 Å². The number of nitrogens with zero attached hydrogens (tertiary/aromatic N) is 1. The Hall–Kier alpha value is -6.82. The average Bonchev–Trinajstić information content (AvgIpc) is 3.18. The van der Waals surface area contributed by atoms with Crippen LogP contribution in [-0.2, 0) is 52.8 Å². The highest BCUT2D eigenvalue weighted by Gasteiger charge is 2.33. The van der Waals surface area contributed by atoms with E-state index in [1.165, 1.54) is 0 Å². The summed E-state index contributed by atoms with van der Waals surface area (Å²) in [6.07, 6.45) is -0.317. The van der Waals surface area contributed by atoms with Crippen molar-refractivity contribution in [3.8, 4) is 0 Å². The van der Waals surface area contributed by atoms with Crippen molar-refractivity contribution in [1.29, 1.82) is 0 Å². The molecule has 304 valence electrons. The molecule has 57 heavy (non-hydrogen) atoms. The van der Waals surface area contributed by atoms with Crippen LogP contribution in [0, 0.1) is 0 Å². The van der Waals surface area contributed by atoms with Crippen LogP contribution in [0.3, 0.4) is 0 Å². The largest absolute Gasteiger partial charge is 0.370 e. The van der Waals surface area contributed by atoms with Crippen molar-refractivity contribution in [3.63, 3.8) is 0 Å². The van der Waals surface area contributed by atoms with E-state index in [0.29, 0.717) is 11.1 Å². The Morgan fingerprint density at radius 1 is 0.509 bits per heavy atom. The molecule has 18 nitrogen and oxygen atoms in total. The van der Waals surface area contributed by atoms with Gasteiger partial charge in [-0.05, 0) is 29.5 Å². The first-order chi connectivity index (χ1) is 27.2. The lowest BCUT2D eigenvalue weighted by Crippen LogP contribution is -2.60. The predicted molar refractivity (Wildman–Crippen MR) is 212 cm³/mol. The zero-order valence-corrected chi connectivity index (χ0v) is 31.4. The molecule has 15 N–H and O–H groups in total. The fourth-order valence-electron chi connectivity index (χ4n) is 5.72. The number of primary amides is 2. The topological polar surface area (TPSA) is 322 Å². The SMILES string of the molecule is NCC(=O)NC(CC(N)=O)C(=O)NC(Cc1ccccc1)C(=O)NC(Cc1ccccc1)C(=O)NC(CCCN=C(N)N)C(=O)NC(Cc1ccccc1)C(N)=O. The minimum absolute atomic E-state index is 0.0274. The number of hydrogen-bond acceptors (Lipinski definition) is 9. The molecule has 0 saturated heterocycles. The molecule has 0 heterocycles. The van der Waals surface area contributed by atoms with Gasteiger partial charge in [-0.2, -0.15) is 0 Å². The molecule has 0 radical (unpaired) electrons. The molecule has 3 aromatic rings. The minimum atomic E-state index is -1.45. The van der Waals surface area contributed by atoms with Gasteiger partial charge in [0, 0.05) is 25.8 Å². The molecule has 0 spiro atoms. The van der Waals surface area contributed by atoms with Crippen LogP contribution in [0.15, 0.2) is 96.0 Å². The van der Waals surface area contributed by atoms with Gasteiger partial charge >= 0.3 is 0 Å². The highest BCUT2D eigenvalue weighted by molar-refractivity contribution is 5.97. The fraction of sp³-hybridized carbons (Fsp3) is 0.333. The van der Waals surface area contributed by atoms with Gasteiger partial charge in [-0.3, -0.25) is 38.6 Å². The molecule has 0 aliphatic heterocycles. The Morgan fingerprint density at radius 2 is 0.895 bits per heavy atom. The van der Waals surface area contributed by atoms with Crippen molar-refractivity contribution in [3.05, 3.63) is 108 Å². The van der Waals surface area contributed by atoms with Crippen molar-refractivity contribution in [2.75, 3.05) is 13.1 Å². The quantitative estimate of drug-likeness (QED) is 0.0274. The van der Waals surface area contributed by atoms with Gasteiger partial charge in [-0.15, -0.1) is 0 Å². The summed E-state index contributed by atoms with van der Waals surface area (Å²) in [5.41, 5.74) is 29.3. The Labute approximate surface area is 330 Å². The third-order valence-corrected chi connectivity index (χ3v) is 8.59. The number of benzene rings is 3. The molecule has 5 unspecified atom stereocenters. The monoisotopic (exact) mass is 785 g/mol. The zero-order valence-electron chi connectivity index (χ0n) is 31.4. The first-order valence-corrected chi connectivity index (χ1v) is 18.2. The molecule has 0 aliphatic carbocycles. The Bertz CT molecular complexity index is 1840. The highest BCUT2D eigenvalue weighted by Crippen LogP contribution is 2.10. The molecule has 3 rings (SSSR count). The molecular formula is C39H51N11O7. The van der Waals surface area contributed by atoms with E-state index >= 15 is 0 Å². The van der Waals surface area contributed by atoms with Crippen LogP contribution in [0.5, 0.6) is 0 Å². The van der Waals surface area contributed by atoms with Crippen LogP contribution in [0.1, 0.15) is 36.0 Å². The first kappa shape index (κ1) is 44.6. The molecule has 7 amide bonds. The number of guanidine groups is 1. The second-order valence-corrected chi connectivity index (χ2v) is 13.2. The summed E-state index contributed by atoms with van der Waals surface area (Å²) in [6, 6.07) is 19.9. The van der Waals surface area contributed by atoms with Crippen molar-refractivity contribution < 1.29 is 33.6 Å². The van der Waals surface area contributed by atoms with Crippen LogP contribution in [0.4, 0.5) is 0 Å².